The first-order chi connectivity index (χ1) is 21.0. The van der Waals surface area contributed by atoms with Gasteiger partial charge in [0.2, 0.25) is 0 Å². The molecule has 12 heteroatoms. The number of hydrogen-bond acceptors (Lipinski definition) is 6. The number of aryl methyl sites for hydroxylation is 1. The Balaban J connectivity index is 1.49. The van der Waals surface area contributed by atoms with Crippen LogP contribution in [0.25, 0.3) is 21.3 Å². The third-order valence-electron chi connectivity index (χ3n) is 7.78. The molecule has 0 bridgehead atoms. The molecule has 44 heavy (non-hydrogen) atoms. The van der Waals surface area contributed by atoms with Crippen LogP contribution in [0.4, 0.5) is 27.6 Å². The standard InChI is InChI=1S/C32H26F5N3O2S2/c1-16-21(13-22-23(32(35,36)37)7-5-8-24(22)33)31-40(30(41)28(16)20-6-4-9-26(42-3)29(20)34)19(15-43-31)14-38-18-10-11-27-25(12-18)39-17(2)44-27/h4-12,19,38H,13-15H2,1-3H3. The van der Waals surface area contributed by atoms with Crippen molar-refractivity contribution in [1.29, 1.82) is 0 Å². The fourth-order valence-corrected chi connectivity index (χ4v) is 7.87. The van der Waals surface area contributed by atoms with Crippen molar-refractivity contribution in [3.8, 4) is 16.9 Å². The molecule has 0 radical (unpaired) electrons. The van der Waals surface area contributed by atoms with Gasteiger partial charge < -0.3 is 10.1 Å². The van der Waals surface area contributed by atoms with Crippen LogP contribution in [0.2, 0.25) is 0 Å². The van der Waals surface area contributed by atoms with Gasteiger partial charge in [-0.3, -0.25) is 9.36 Å². The van der Waals surface area contributed by atoms with Crippen LogP contribution in [0.1, 0.15) is 33.3 Å². The number of ether oxygens (including phenoxy) is 1. The van der Waals surface area contributed by atoms with Crippen molar-refractivity contribution in [2.24, 2.45) is 0 Å². The number of nitrogens with one attached hydrogen (secondary N) is 1. The number of aromatic nitrogens is 2. The van der Waals surface area contributed by atoms with E-state index in [1.165, 1.54) is 41.6 Å². The molecule has 5 nitrogen and oxygen atoms in total. The molecule has 0 amide bonds. The molecular weight excluding hydrogens is 617 g/mol. The maximum atomic E-state index is 15.6. The highest BCUT2D eigenvalue weighted by atomic mass is 32.2. The maximum Gasteiger partial charge on any atom is 0.416 e. The van der Waals surface area contributed by atoms with Crippen LogP contribution >= 0.6 is 23.1 Å². The average molecular weight is 644 g/mol. The number of anilines is 1. The third-order valence-corrected chi connectivity index (χ3v) is 10.0. The van der Waals surface area contributed by atoms with Crippen LogP contribution in [-0.2, 0) is 12.6 Å². The number of alkyl halides is 3. The summed E-state index contributed by atoms with van der Waals surface area (Å²) in [6.45, 7) is 3.81. The Hall–Kier alpha value is -3.90. The Morgan fingerprint density at radius 3 is 2.59 bits per heavy atom. The zero-order valence-corrected chi connectivity index (χ0v) is 25.4. The molecule has 3 heterocycles. The summed E-state index contributed by atoms with van der Waals surface area (Å²) in [6.07, 6.45) is -5.23. The van der Waals surface area contributed by atoms with Crippen LogP contribution in [0.3, 0.4) is 0 Å². The van der Waals surface area contributed by atoms with Gasteiger partial charge in [-0.1, -0.05) is 18.2 Å². The summed E-state index contributed by atoms with van der Waals surface area (Å²) in [6, 6.07) is 12.6. The summed E-state index contributed by atoms with van der Waals surface area (Å²) >= 11 is 2.90. The number of thiazole rings is 1. The van der Waals surface area contributed by atoms with E-state index in [-0.39, 0.29) is 22.4 Å². The van der Waals surface area contributed by atoms with Gasteiger partial charge in [0.05, 0.1) is 44.5 Å². The lowest BCUT2D eigenvalue weighted by Crippen LogP contribution is -2.31. The Labute approximate surface area is 257 Å². The molecule has 0 saturated heterocycles. The van der Waals surface area contributed by atoms with Crippen molar-refractivity contribution in [3.05, 3.63) is 104 Å². The number of thioether (sulfide) groups is 1. The summed E-state index contributed by atoms with van der Waals surface area (Å²) < 4.78 is 80.3. The number of fused-ring (bicyclic) bond motifs is 2. The molecule has 5 aromatic rings. The highest BCUT2D eigenvalue weighted by Crippen LogP contribution is 2.42. The van der Waals surface area contributed by atoms with Crippen molar-refractivity contribution in [2.75, 3.05) is 24.7 Å². The number of hydrogen-bond donors (Lipinski definition) is 1. The molecule has 228 valence electrons. The fourth-order valence-electron chi connectivity index (χ4n) is 5.67. The van der Waals surface area contributed by atoms with Gasteiger partial charge in [0.1, 0.15) is 5.82 Å². The minimum absolute atomic E-state index is 0.00286. The number of methoxy groups -OCH3 is 1. The van der Waals surface area contributed by atoms with Crippen LogP contribution in [0.5, 0.6) is 5.75 Å². The maximum absolute atomic E-state index is 15.6. The first kappa shape index (κ1) is 30.1. The van der Waals surface area contributed by atoms with Gasteiger partial charge in [0.15, 0.2) is 11.6 Å². The lowest BCUT2D eigenvalue weighted by Gasteiger charge is -2.22. The minimum Gasteiger partial charge on any atom is -0.494 e. The molecule has 0 fully saturated rings. The Bertz CT molecular complexity index is 1970. The van der Waals surface area contributed by atoms with Crippen molar-refractivity contribution < 1.29 is 26.7 Å². The van der Waals surface area contributed by atoms with Crippen LogP contribution in [-0.4, -0.2) is 29.0 Å². The molecule has 0 spiro atoms. The van der Waals surface area contributed by atoms with E-state index >= 15 is 8.78 Å². The summed E-state index contributed by atoms with van der Waals surface area (Å²) in [7, 11) is 1.30. The number of nitrogens with zero attached hydrogens (tertiary/aromatic N) is 2. The molecule has 1 aliphatic rings. The highest BCUT2D eigenvalue weighted by Gasteiger charge is 2.37. The fraction of sp³-hybridized carbons (Fsp3) is 0.250. The zero-order valence-electron chi connectivity index (χ0n) is 23.8. The molecule has 1 atom stereocenters. The van der Waals surface area contributed by atoms with E-state index in [9.17, 15) is 18.0 Å². The summed E-state index contributed by atoms with van der Waals surface area (Å²) in [4.78, 5) is 18.7. The largest absolute Gasteiger partial charge is 0.494 e. The normalized spacial score (nSPS) is 14.7. The molecule has 1 aliphatic heterocycles. The van der Waals surface area contributed by atoms with E-state index in [1.807, 2.05) is 25.1 Å². The molecular formula is C32H26F5N3O2S2. The topological polar surface area (TPSA) is 56.1 Å². The van der Waals surface area contributed by atoms with Crippen molar-refractivity contribution in [2.45, 2.75) is 37.5 Å². The summed E-state index contributed by atoms with van der Waals surface area (Å²) in [5.41, 5.74) is 0.107. The summed E-state index contributed by atoms with van der Waals surface area (Å²) in [5, 5.41) is 4.73. The van der Waals surface area contributed by atoms with Gasteiger partial charge in [-0.25, -0.2) is 13.8 Å². The Kier molecular flexibility index (Phi) is 7.91. The smallest absolute Gasteiger partial charge is 0.416 e. The second-order valence-corrected chi connectivity index (χ2v) is 12.7. The average Bonchev–Trinajstić information content (AvgIpc) is 3.57. The second-order valence-electron chi connectivity index (χ2n) is 10.5. The number of rotatable bonds is 7. The Morgan fingerprint density at radius 2 is 1.84 bits per heavy atom. The second kappa shape index (κ2) is 11.6. The highest BCUT2D eigenvalue weighted by molar-refractivity contribution is 7.99. The third kappa shape index (κ3) is 5.34. The van der Waals surface area contributed by atoms with E-state index in [0.29, 0.717) is 22.9 Å². The van der Waals surface area contributed by atoms with Crippen LogP contribution < -0.4 is 15.6 Å². The number of benzene rings is 3. The van der Waals surface area contributed by atoms with Crippen molar-refractivity contribution in [1.82, 2.24) is 9.55 Å². The lowest BCUT2D eigenvalue weighted by molar-refractivity contribution is -0.138. The molecule has 1 N–H and O–H groups in total. The van der Waals surface area contributed by atoms with E-state index in [0.717, 1.165) is 39.1 Å². The first-order valence-corrected chi connectivity index (χ1v) is 15.5. The molecule has 0 aliphatic carbocycles. The number of halogens is 5. The van der Waals surface area contributed by atoms with Crippen molar-refractivity contribution >= 4 is 39.0 Å². The predicted octanol–water partition coefficient (Wildman–Crippen LogP) is 8.40. The minimum atomic E-state index is -4.79. The SMILES string of the molecule is COc1cccc(-c2c(C)c(Cc3c(F)cccc3C(F)(F)F)c3n(c2=O)C(CNc2ccc4sc(C)nc4c2)CS3)c1F. The number of pyridine rings is 1. The molecule has 3 aromatic carbocycles. The molecule has 0 saturated carbocycles. The first-order valence-electron chi connectivity index (χ1n) is 13.7. The van der Waals surface area contributed by atoms with Gasteiger partial charge in [-0.05, 0) is 61.4 Å². The molecule has 2 aromatic heterocycles. The zero-order chi connectivity index (χ0) is 31.3. The van der Waals surface area contributed by atoms with Gasteiger partial charge in [-0.2, -0.15) is 13.2 Å². The molecule has 1 unspecified atom stereocenters. The van der Waals surface area contributed by atoms with E-state index in [1.54, 1.807) is 18.3 Å². The van der Waals surface area contributed by atoms with E-state index in [4.69, 9.17) is 4.74 Å². The monoisotopic (exact) mass is 643 g/mol. The van der Waals surface area contributed by atoms with Gasteiger partial charge in [-0.15, -0.1) is 23.1 Å². The van der Waals surface area contributed by atoms with Crippen LogP contribution in [0, 0.1) is 25.5 Å². The van der Waals surface area contributed by atoms with E-state index in [2.05, 4.69) is 10.3 Å². The van der Waals surface area contributed by atoms with Crippen LogP contribution in [0.15, 0.2) is 64.4 Å². The quantitative estimate of drug-likeness (QED) is 0.181. The van der Waals surface area contributed by atoms with Crippen molar-refractivity contribution in [3.63, 3.8) is 0 Å². The van der Waals surface area contributed by atoms with Gasteiger partial charge in [0, 0.05) is 35.5 Å². The van der Waals surface area contributed by atoms with E-state index < -0.39 is 47.0 Å². The Morgan fingerprint density at radius 1 is 1.07 bits per heavy atom. The molecule has 6 rings (SSSR count). The van der Waals surface area contributed by atoms with Gasteiger partial charge >= 0.3 is 6.18 Å². The lowest BCUT2D eigenvalue weighted by atomic mass is 9.92. The van der Waals surface area contributed by atoms with Gasteiger partial charge in [0.25, 0.3) is 5.56 Å². The predicted molar refractivity (Wildman–Crippen MR) is 164 cm³/mol. The summed E-state index contributed by atoms with van der Waals surface area (Å²) in [5.74, 6) is -1.43.